The van der Waals surface area contributed by atoms with Crippen LogP contribution in [0.25, 0.3) is 0 Å². The van der Waals surface area contributed by atoms with Crippen molar-refractivity contribution in [3.8, 4) is 0 Å². The van der Waals surface area contributed by atoms with Crippen LogP contribution in [0.15, 0.2) is 36.4 Å². The minimum atomic E-state index is -4.56. The molecule has 0 spiro atoms. The molecule has 15 heteroatoms. The zero-order valence-corrected chi connectivity index (χ0v) is 22.8. The lowest BCUT2D eigenvalue weighted by atomic mass is 9.78. The zero-order valence-electron chi connectivity index (χ0n) is 22.8. The number of carbonyl (C=O) groups is 3. The molecular formula is C27H34BF4N5O5. The Morgan fingerprint density at radius 3 is 2.33 bits per heavy atom. The largest absolute Gasteiger partial charge is 0.491 e. The molecule has 8 N–H and O–H groups in total. The number of fused-ring (bicyclic) bond motifs is 1. The highest BCUT2D eigenvalue weighted by Crippen LogP contribution is 2.29. The predicted octanol–water partition coefficient (Wildman–Crippen LogP) is -0.245. The Morgan fingerprint density at radius 2 is 1.74 bits per heavy atom. The molecule has 228 valence electrons. The van der Waals surface area contributed by atoms with Crippen molar-refractivity contribution < 1.29 is 41.6 Å². The second kappa shape index (κ2) is 14.7. The number of nitrogens with zero attached hydrogens (tertiary/aromatic N) is 1. The molecule has 0 aromatic heterocycles. The molecule has 0 unspecified atom stereocenters. The fourth-order valence-electron chi connectivity index (χ4n) is 4.57. The smallest absolute Gasteiger partial charge is 0.423 e. The van der Waals surface area contributed by atoms with Crippen molar-refractivity contribution in [1.29, 1.82) is 0 Å². The molecule has 0 saturated carbocycles. The molecule has 0 saturated heterocycles. The first-order valence-electron chi connectivity index (χ1n) is 13.4. The molecule has 42 heavy (non-hydrogen) atoms. The van der Waals surface area contributed by atoms with Crippen LogP contribution < -0.4 is 28.0 Å². The van der Waals surface area contributed by atoms with Gasteiger partial charge in [0.1, 0.15) is 5.82 Å². The number of carbonyl (C=O) groups excluding carboxylic acids is 3. The molecule has 2 aromatic carbocycles. The van der Waals surface area contributed by atoms with Crippen LogP contribution in [0.5, 0.6) is 0 Å². The second-order valence-corrected chi connectivity index (χ2v) is 10.0. The lowest BCUT2D eigenvalue weighted by molar-refractivity contribution is -0.137. The summed E-state index contributed by atoms with van der Waals surface area (Å²) in [6.45, 7) is 1.04. The normalized spacial score (nSPS) is 14.3. The third-order valence-electron chi connectivity index (χ3n) is 6.92. The number of amides is 2. The van der Waals surface area contributed by atoms with Gasteiger partial charge in [-0.2, -0.15) is 13.2 Å². The molecule has 1 aliphatic rings. The number of hydrogen-bond donors (Lipinski definition) is 5. The Morgan fingerprint density at radius 1 is 1.10 bits per heavy atom. The molecule has 0 aliphatic carbocycles. The van der Waals surface area contributed by atoms with Crippen molar-refractivity contribution in [3.05, 3.63) is 64.5 Å². The SMILES string of the molecule is NCCN(CCN)C(=O)CC[C@H](N)C(=O)N[C@H](Cc1ccc(C(F)(F)F)cc1)C(=O)Cc1cc2c(cc1F)B(O)OC2. The predicted molar refractivity (Wildman–Crippen MR) is 146 cm³/mol. The summed E-state index contributed by atoms with van der Waals surface area (Å²) in [5.41, 5.74) is 17.2. The number of halogens is 4. The van der Waals surface area contributed by atoms with Crippen LogP contribution >= 0.6 is 0 Å². The number of benzene rings is 2. The first kappa shape index (κ1) is 33.1. The summed E-state index contributed by atoms with van der Waals surface area (Å²) in [5.74, 6) is -2.45. The Balaban J connectivity index is 1.75. The van der Waals surface area contributed by atoms with Crippen LogP contribution in [-0.2, 0) is 44.7 Å². The molecular weight excluding hydrogens is 561 g/mol. The van der Waals surface area contributed by atoms with Gasteiger partial charge in [-0.05, 0) is 53.2 Å². The van der Waals surface area contributed by atoms with Crippen LogP contribution in [0.2, 0.25) is 0 Å². The highest BCUT2D eigenvalue weighted by molar-refractivity contribution is 6.61. The van der Waals surface area contributed by atoms with Gasteiger partial charge in [-0.3, -0.25) is 14.4 Å². The third kappa shape index (κ3) is 8.82. The van der Waals surface area contributed by atoms with E-state index in [0.29, 0.717) is 11.1 Å². The van der Waals surface area contributed by atoms with E-state index in [-0.39, 0.29) is 69.0 Å². The van der Waals surface area contributed by atoms with E-state index < -0.39 is 54.9 Å². The molecule has 1 aliphatic heterocycles. The highest BCUT2D eigenvalue weighted by atomic mass is 19.4. The summed E-state index contributed by atoms with van der Waals surface area (Å²) in [4.78, 5) is 40.3. The number of hydrogen-bond acceptors (Lipinski definition) is 8. The Bertz CT molecular complexity index is 1260. The van der Waals surface area contributed by atoms with E-state index in [9.17, 15) is 37.0 Å². The maximum atomic E-state index is 14.8. The van der Waals surface area contributed by atoms with Gasteiger partial charge >= 0.3 is 13.3 Å². The Kier molecular flexibility index (Phi) is 11.6. The van der Waals surface area contributed by atoms with Gasteiger partial charge in [0.15, 0.2) is 5.78 Å². The number of ketones is 1. The van der Waals surface area contributed by atoms with Gasteiger partial charge in [0, 0.05) is 39.0 Å². The van der Waals surface area contributed by atoms with E-state index in [2.05, 4.69) is 5.32 Å². The van der Waals surface area contributed by atoms with E-state index in [4.69, 9.17) is 21.9 Å². The van der Waals surface area contributed by atoms with Crippen LogP contribution in [-0.4, -0.2) is 72.9 Å². The number of Topliss-reactive ketones (excluding diaryl/α,β-unsaturated/α-hetero) is 1. The van der Waals surface area contributed by atoms with Crippen LogP contribution in [0.1, 0.15) is 35.1 Å². The molecule has 10 nitrogen and oxygen atoms in total. The Hall–Kier alpha value is -3.37. The molecule has 2 aromatic rings. The third-order valence-corrected chi connectivity index (χ3v) is 6.92. The first-order valence-corrected chi connectivity index (χ1v) is 13.4. The van der Waals surface area contributed by atoms with Gasteiger partial charge in [0.2, 0.25) is 11.8 Å². The van der Waals surface area contributed by atoms with Gasteiger partial charge < -0.3 is 37.1 Å². The van der Waals surface area contributed by atoms with Crippen molar-refractivity contribution in [1.82, 2.24) is 10.2 Å². The maximum absolute atomic E-state index is 14.8. The zero-order chi connectivity index (χ0) is 31.0. The summed E-state index contributed by atoms with van der Waals surface area (Å²) in [6.07, 6.45) is -5.34. The monoisotopic (exact) mass is 595 g/mol. The fourth-order valence-corrected chi connectivity index (χ4v) is 4.57. The van der Waals surface area contributed by atoms with Gasteiger partial charge in [-0.15, -0.1) is 0 Å². The van der Waals surface area contributed by atoms with E-state index >= 15 is 0 Å². The summed E-state index contributed by atoms with van der Waals surface area (Å²) in [7, 11) is -1.28. The second-order valence-electron chi connectivity index (χ2n) is 10.0. The van der Waals surface area contributed by atoms with Crippen LogP contribution in [0.4, 0.5) is 17.6 Å². The number of nitrogens with two attached hydrogens (primary N) is 3. The lowest BCUT2D eigenvalue weighted by Crippen LogP contribution is -2.50. The Labute approximate surface area is 240 Å². The van der Waals surface area contributed by atoms with Gasteiger partial charge in [0.25, 0.3) is 0 Å². The highest BCUT2D eigenvalue weighted by Gasteiger charge is 2.32. The van der Waals surface area contributed by atoms with E-state index in [1.54, 1.807) is 0 Å². The summed E-state index contributed by atoms with van der Waals surface area (Å²) in [6, 6.07) is 4.09. The van der Waals surface area contributed by atoms with E-state index in [1.807, 2.05) is 0 Å². The number of nitrogens with one attached hydrogen (secondary N) is 1. The summed E-state index contributed by atoms with van der Waals surface area (Å²) >= 11 is 0. The van der Waals surface area contributed by atoms with Crippen LogP contribution in [0, 0.1) is 5.82 Å². The van der Waals surface area contributed by atoms with E-state index in [0.717, 1.165) is 18.2 Å². The fraction of sp³-hybridized carbons (Fsp3) is 0.444. The standard InChI is InChI=1S/C27H34BF4N5O5/c29-21-14-20-18(15-42-28(20)41)12-17(21)13-24(38)23(11-16-1-3-19(4-2-16)27(30,31)32)36-26(40)22(35)5-6-25(39)37(9-7-33)10-8-34/h1-4,12,14,22-23,41H,5-11,13,15,33-35H2,(H,36,40)/t22-,23+/m0/s1. The van der Waals surface area contributed by atoms with Gasteiger partial charge in [0.05, 0.1) is 24.3 Å². The summed E-state index contributed by atoms with van der Waals surface area (Å²) in [5, 5.41) is 12.3. The first-order chi connectivity index (χ1) is 19.8. The molecule has 0 fully saturated rings. The molecule has 0 bridgehead atoms. The maximum Gasteiger partial charge on any atom is 0.491 e. The average molecular weight is 595 g/mol. The van der Waals surface area contributed by atoms with Crippen molar-refractivity contribution in [3.63, 3.8) is 0 Å². The molecule has 2 atom stereocenters. The van der Waals surface area contributed by atoms with Crippen molar-refractivity contribution in [2.75, 3.05) is 26.2 Å². The molecule has 1 heterocycles. The average Bonchev–Trinajstić information content (AvgIpc) is 3.29. The minimum Gasteiger partial charge on any atom is -0.423 e. The minimum absolute atomic E-state index is 0.00193. The summed E-state index contributed by atoms with van der Waals surface area (Å²) < 4.78 is 58.9. The number of alkyl halides is 3. The van der Waals surface area contributed by atoms with Gasteiger partial charge in [-0.25, -0.2) is 4.39 Å². The van der Waals surface area contributed by atoms with Gasteiger partial charge in [-0.1, -0.05) is 18.2 Å². The van der Waals surface area contributed by atoms with Crippen molar-refractivity contribution >= 4 is 30.2 Å². The van der Waals surface area contributed by atoms with E-state index in [1.165, 1.54) is 23.1 Å². The molecule has 0 radical (unpaired) electrons. The number of rotatable bonds is 14. The quantitative estimate of drug-likeness (QED) is 0.147. The van der Waals surface area contributed by atoms with Crippen molar-refractivity contribution in [2.45, 2.75) is 50.6 Å². The van der Waals surface area contributed by atoms with Crippen LogP contribution in [0.3, 0.4) is 0 Å². The lowest BCUT2D eigenvalue weighted by Gasteiger charge is -2.23. The van der Waals surface area contributed by atoms with Crippen molar-refractivity contribution in [2.24, 2.45) is 17.2 Å². The molecule has 3 rings (SSSR count). The topological polar surface area (TPSA) is 174 Å². The molecule has 2 amide bonds.